The van der Waals surface area contributed by atoms with Crippen molar-refractivity contribution in [3.05, 3.63) is 66.7 Å². The second-order valence-electron chi connectivity index (χ2n) is 4.05. The Labute approximate surface area is 130 Å². The molecule has 0 fully saturated rings. The minimum absolute atomic E-state index is 0.518. The van der Waals surface area contributed by atoms with Crippen LogP contribution < -0.4 is 0 Å². The largest absolute Gasteiger partial charge is 0.384 e. The van der Waals surface area contributed by atoms with E-state index in [1.54, 1.807) is 18.2 Å². The molecular formula is C14H11Cl2IO. The molecule has 4 heteroatoms. The van der Waals surface area contributed by atoms with E-state index >= 15 is 0 Å². The summed E-state index contributed by atoms with van der Waals surface area (Å²) in [5, 5.41) is 11.5. The van der Waals surface area contributed by atoms with E-state index in [0.29, 0.717) is 15.6 Å². The Morgan fingerprint density at radius 1 is 1.11 bits per heavy atom. The first kappa shape index (κ1) is 14.1. The van der Waals surface area contributed by atoms with E-state index in [-0.39, 0.29) is 0 Å². The quantitative estimate of drug-likeness (QED) is 0.714. The van der Waals surface area contributed by atoms with Gasteiger partial charge in [0.1, 0.15) is 6.10 Å². The van der Waals surface area contributed by atoms with Crippen molar-refractivity contribution in [2.75, 3.05) is 0 Å². The van der Waals surface area contributed by atoms with Gasteiger partial charge in [-0.25, -0.2) is 0 Å². The molecule has 1 unspecified atom stereocenters. The van der Waals surface area contributed by atoms with Crippen LogP contribution in [0.15, 0.2) is 36.4 Å². The van der Waals surface area contributed by atoms with Crippen molar-refractivity contribution in [2.24, 2.45) is 0 Å². The minimum atomic E-state index is -0.761. The molecular weight excluding hydrogens is 382 g/mol. The summed E-state index contributed by atoms with van der Waals surface area (Å²) >= 11 is 14.3. The molecule has 0 aliphatic carbocycles. The Hall–Kier alpha value is -0.290. The molecule has 0 heterocycles. The number of hydrogen-bond donors (Lipinski definition) is 1. The molecule has 94 valence electrons. The lowest BCUT2D eigenvalue weighted by Gasteiger charge is -2.16. The predicted molar refractivity (Wildman–Crippen MR) is 84.4 cm³/mol. The smallest absolute Gasteiger partial charge is 0.107 e. The van der Waals surface area contributed by atoms with Gasteiger partial charge < -0.3 is 5.11 Å². The topological polar surface area (TPSA) is 20.2 Å². The maximum absolute atomic E-state index is 10.5. The van der Waals surface area contributed by atoms with Crippen molar-refractivity contribution >= 4 is 45.8 Å². The number of halogens is 3. The van der Waals surface area contributed by atoms with E-state index in [0.717, 1.165) is 14.7 Å². The van der Waals surface area contributed by atoms with Crippen LogP contribution in [-0.4, -0.2) is 5.11 Å². The van der Waals surface area contributed by atoms with Crippen LogP contribution in [-0.2, 0) is 0 Å². The first-order valence-corrected chi connectivity index (χ1v) is 7.22. The van der Waals surface area contributed by atoms with E-state index in [1.165, 1.54) is 0 Å². The van der Waals surface area contributed by atoms with Gasteiger partial charge in [0.05, 0.1) is 0 Å². The minimum Gasteiger partial charge on any atom is -0.384 e. The Morgan fingerprint density at radius 2 is 1.83 bits per heavy atom. The molecule has 1 N–H and O–H groups in total. The van der Waals surface area contributed by atoms with Crippen LogP contribution in [0.1, 0.15) is 22.8 Å². The van der Waals surface area contributed by atoms with Crippen LogP contribution in [0.4, 0.5) is 0 Å². The van der Waals surface area contributed by atoms with Gasteiger partial charge in [0.2, 0.25) is 0 Å². The van der Waals surface area contributed by atoms with Crippen LogP contribution in [0.2, 0.25) is 10.0 Å². The van der Waals surface area contributed by atoms with Crippen molar-refractivity contribution < 1.29 is 5.11 Å². The fraction of sp³-hybridized carbons (Fsp3) is 0.143. The maximum atomic E-state index is 10.5. The van der Waals surface area contributed by atoms with Gasteiger partial charge in [0.15, 0.2) is 0 Å². The molecule has 1 nitrogen and oxygen atoms in total. The van der Waals surface area contributed by atoms with Gasteiger partial charge in [-0.1, -0.05) is 41.4 Å². The lowest BCUT2D eigenvalue weighted by Crippen LogP contribution is -2.04. The summed E-state index contributed by atoms with van der Waals surface area (Å²) in [7, 11) is 0. The predicted octanol–water partition coefficient (Wildman–Crippen LogP) is 4.99. The standard InChI is InChI=1S/C14H11Cl2IO/c1-8-3-2-4-10(13(8)17)14(18)11-7-9(15)5-6-12(11)16/h2-7,14,18H,1H3. The third-order valence-corrected chi connectivity index (χ3v) is 4.82. The first-order valence-electron chi connectivity index (χ1n) is 5.38. The number of rotatable bonds is 2. The van der Waals surface area contributed by atoms with Crippen LogP contribution in [0, 0.1) is 10.5 Å². The highest BCUT2D eigenvalue weighted by molar-refractivity contribution is 14.1. The highest BCUT2D eigenvalue weighted by Crippen LogP contribution is 2.33. The average molecular weight is 393 g/mol. The highest BCUT2D eigenvalue weighted by Gasteiger charge is 2.17. The molecule has 0 aliphatic heterocycles. The zero-order chi connectivity index (χ0) is 13.3. The molecule has 0 saturated heterocycles. The van der Waals surface area contributed by atoms with Gasteiger partial charge in [-0.2, -0.15) is 0 Å². The molecule has 0 saturated carbocycles. The summed E-state index contributed by atoms with van der Waals surface area (Å²) in [5.41, 5.74) is 2.61. The summed E-state index contributed by atoms with van der Waals surface area (Å²) in [6.07, 6.45) is -0.761. The van der Waals surface area contributed by atoms with Gasteiger partial charge in [0.25, 0.3) is 0 Å². The molecule has 1 atom stereocenters. The van der Waals surface area contributed by atoms with Crippen molar-refractivity contribution in [3.8, 4) is 0 Å². The summed E-state index contributed by atoms with van der Waals surface area (Å²) in [5.74, 6) is 0. The van der Waals surface area contributed by atoms with Gasteiger partial charge in [0, 0.05) is 19.2 Å². The normalized spacial score (nSPS) is 12.5. The van der Waals surface area contributed by atoms with E-state index < -0.39 is 6.10 Å². The van der Waals surface area contributed by atoms with Crippen LogP contribution in [0.3, 0.4) is 0 Å². The summed E-state index contributed by atoms with van der Waals surface area (Å²) in [6, 6.07) is 10.9. The Balaban J connectivity index is 2.51. The fourth-order valence-electron chi connectivity index (χ4n) is 1.77. The van der Waals surface area contributed by atoms with Gasteiger partial charge >= 0.3 is 0 Å². The van der Waals surface area contributed by atoms with Gasteiger partial charge in [-0.3, -0.25) is 0 Å². The van der Waals surface area contributed by atoms with E-state index in [2.05, 4.69) is 22.6 Å². The molecule has 0 radical (unpaired) electrons. The van der Waals surface area contributed by atoms with Gasteiger partial charge in [-0.05, 0) is 58.8 Å². The Kier molecular flexibility index (Phi) is 4.54. The van der Waals surface area contributed by atoms with E-state index in [9.17, 15) is 5.11 Å². The van der Waals surface area contributed by atoms with E-state index in [1.807, 2.05) is 25.1 Å². The lowest BCUT2D eigenvalue weighted by atomic mass is 10.00. The van der Waals surface area contributed by atoms with Crippen LogP contribution in [0.25, 0.3) is 0 Å². The Morgan fingerprint density at radius 3 is 2.56 bits per heavy atom. The first-order chi connectivity index (χ1) is 8.50. The monoisotopic (exact) mass is 392 g/mol. The number of aliphatic hydroxyl groups is 1. The molecule has 18 heavy (non-hydrogen) atoms. The second-order valence-corrected chi connectivity index (χ2v) is 5.97. The zero-order valence-corrected chi connectivity index (χ0v) is 13.3. The third kappa shape index (κ3) is 2.82. The fourth-order valence-corrected chi connectivity index (χ4v) is 2.83. The Bertz CT molecular complexity index is 582. The van der Waals surface area contributed by atoms with E-state index in [4.69, 9.17) is 23.2 Å². The zero-order valence-electron chi connectivity index (χ0n) is 9.62. The summed E-state index contributed by atoms with van der Waals surface area (Å²) in [6.45, 7) is 2.01. The van der Waals surface area contributed by atoms with Gasteiger partial charge in [-0.15, -0.1) is 0 Å². The molecule has 0 bridgehead atoms. The summed E-state index contributed by atoms with van der Waals surface area (Å²) < 4.78 is 1.04. The van der Waals surface area contributed by atoms with Crippen LogP contribution >= 0.6 is 45.8 Å². The second kappa shape index (κ2) is 5.78. The third-order valence-electron chi connectivity index (χ3n) is 2.77. The molecule has 0 aliphatic rings. The number of aryl methyl sites for hydroxylation is 1. The maximum Gasteiger partial charge on any atom is 0.107 e. The SMILES string of the molecule is Cc1cccc(C(O)c2cc(Cl)ccc2Cl)c1I. The number of benzene rings is 2. The van der Waals surface area contributed by atoms with Crippen molar-refractivity contribution in [1.29, 1.82) is 0 Å². The van der Waals surface area contributed by atoms with Crippen LogP contribution in [0.5, 0.6) is 0 Å². The molecule has 0 spiro atoms. The molecule has 2 rings (SSSR count). The van der Waals surface area contributed by atoms with Crippen molar-refractivity contribution in [3.63, 3.8) is 0 Å². The van der Waals surface area contributed by atoms with Crippen molar-refractivity contribution in [2.45, 2.75) is 13.0 Å². The number of aliphatic hydroxyl groups excluding tert-OH is 1. The lowest BCUT2D eigenvalue weighted by molar-refractivity contribution is 0.219. The molecule has 0 amide bonds. The van der Waals surface area contributed by atoms with Crippen molar-refractivity contribution in [1.82, 2.24) is 0 Å². The number of hydrogen-bond acceptors (Lipinski definition) is 1. The highest BCUT2D eigenvalue weighted by atomic mass is 127. The average Bonchev–Trinajstić information content (AvgIpc) is 2.35. The summed E-state index contributed by atoms with van der Waals surface area (Å²) in [4.78, 5) is 0. The molecule has 0 aromatic heterocycles. The molecule has 2 aromatic carbocycles. The molecule has 2 aromatic rings.